The van der Waals surface area contributed by atoms with Crippen LogP contribution in [0.4, 0.5) is 10.5 Å². The smallest absolute Gasteiger partial charge is 0.319 e. The van der Waals surface area contributed by atoms with Crippen LogP contribution in [0, 0.1) is 0 Å². The number of sulfonamides is 1. The molecule has 0 aliphatic carbocycles. The van der Waals surface area contributed by atoms with E-state index < -0.39 is 22.0 Å². The van der Waals surface area contributed by atoms with Crippen LogP contribution in [0.5, 0.6) is 5.75 Å². The second-order valence-corrected chi connectivity index (χ2v) is 7.14. The summed E-state index contributed by atoms with van der Waals surface area (Å²) in [5.41, 5.74) is 0.188. The van der Waals surface area contributed by atoms with Crippen LogP contribution >= 0.6 is 0 Å². The monoisotopic (exact) mass is 387 g/mol. The Bertz CT molecular complexity index is 732. The molecule has 1 aromatic carbocycles. The van der Waals surface area contributed by atoms with Crippen molar-refractivity contribution in [2.45, 2.75) is 32.1 Å². The molecule has 26 heavy (non-hydrogen) atoms. The van der Waals surface area contributed by atoms with E-state index in [-0.39, 0.29) is 23.5 Å². The normalized spacial score (nSPS) is 11.2. The first-order valence-corrected chi connectivity index (χ1v) is 9.73. The second kappa shape index (κ2) is 9.97. The van der Waals surface area contributed by atoms with Gasteiger partial charge < -0.3 is 20.5 Å². The predicted molar refractivity (Wildman–Crippen MR) is 97.0 cm³/mol. The van der Waals surface area contributed by atoms with Crippen molar-refractivity contribution in [3.8, 4) is 5.75 Å². The van der Waals surface area contributed by atoms with Gasteiger partial charge in [0.15, 0.2) is 0 Å². The molecule has 1 aromatic rings. The summed E-state index contributed by atoms with van der Waals surface area (Å²) in [5.74, 6) is -0.716. The van der Waals surface area contributed by atoms with Gasteiger partial charge in [0, 0.05) is 19.6 Å². The number of nitrogens with zero attached hydrogens (tertiary/aromatic N) is 1. The van der Waals surface area contributed by atoms with E-state index in [1.807, 2.05) is 0 Å². The van der Waals surface area contributed by atoms with Gasteiger partial charge in [0.1, 0.15) is 5.75 Å². The summed E-state index contributed by atoms with van der Waals surface area (Å²) in [5, 5.41) is 13.5. The minimum atomic E-state index is -3.69. The average molecular weight is 387 g/mol. The SMILES string of the molecule is CCOc1ccc(S(=O)(=O)N(CC)CC)cc1NC(=O)NCCC(=O)O. The number of carbonyl (C=O) groups excluding carboxylic acids is 1. The van der Waals surface area contributed by atoms with Crippen molar-refractivity contribution in [2.24, 2.45) is 0 Å². The summed E-state index contributed by atoms with van der Waals surface area (Å²) in [6.07, 6.45) is -0.220. The molecule has 0 unspecified atom stereocenters. The molecular weight excluding hydrogens is 362 g/mol. The van der Waals surface area contributed by atoms with E-state index in [0.29, 0.717) is 25.4 Å². The molecule has 1 rings (SSSR count). The van der Waals surface area contributed by atoms with Crippen molar-refractivity contribution >= 4 is 27.7 Å². The first-order chi connectivity index (χ1) is 12.3. The molecule has 0 aliphatic rings. The highest BCUT2D eigenvalue weighted by atomic mass is 32.2. The van der Waals surface area contributed by atoms with E-state index in [4.69, 9.17) is 9.84 Å². The van der Waals surface area contributed by atoms with Crippen molar-refractivity contribution in [1.29, 1.82) is 0 Å². The standard InChI is InChI=1S/C16H25N3O6S/c1-4-19(5-2)26(23,24)12-7-8-14(25-6-3)13(11-12)18-16(22)17-10-9-15(20)21/h7-8,11H,4-6,9-10H2,1-3H3,(H,20,21)(H2,17,18,22). The van der Waals surface area contributed by atoms with Gasteiger partial charge in [-0.3, -0.25) is 4.79 Å². The van der Waals surface area contributed by atoms with Gasteiger partial charge in [0.2, 0.25) is 10.0 Å². The van der Waals surface area contributed by atoms with Crippen LogP contribution in [0.3, 0.4) is 0 Å². The number of aliphatic carboxylic acids is 1. The fourth-order valence-corrected chi connectivity index (χ4v) is 3.70. The molecule has 0 atom stereocenters. The van der Waals surface area contributed by atoms with E-state index in [1.165, 1.54) is 22.5 Å². The molecule has 9 nitrogen and oxygen atoms in total. The topological polar surface area (TPSA) is 125 Å². The average Bonchev–Trinajstić information content (AvgIpc) is 2.57. The maximum absolute atomic E-state index is 12.6. The number of ether oxygens (including phenoxy) is 1. The Labute approximate surface area is 153 Å². The van der Waals surface area contributed by atoms with E-state index in [9.17, 15) is 18.0 Å². The van der Waals surface area contributed by atoms with Crippen LogP contribution in [0.15, 0.2) is 23.1 Å². The zero-order chi connectivity index (χ0) is 19.7. The summed E-state index contributed by atoms with van der Waals surface area (Å²) in [6, 6.07) is 3.58. The van der Waals surface area contributed by atoms with E-state index >= 15 is 0 Å². The van der Waals surface area contributed by atoms with Gasteiger partial charge in [0.05, 0.1) is 23.6 Å². The number of amides is 2. The zero-order valence-electron chi connectivity index (χ0n) is 15.1. The fourth-order valence-electron chi connectivity index (χ4n) is 2.21. The summed E-state index contributed by atoms with van der Waals surface area (Å²) in [4.78, 5) is 22.5. The molecule has 0 spiro atoms. The Balaban J connectivity index is 3.08. The Morgan fingerprint density at radius 3 is 2.38 bits per heavy atom. The van der Waals surface area contributed by atoms with Gasteiger partial charge in [0.25, 0.3) is 0 Å². The first kappa shape index (κ1) is 21.7. The van der Waals surface area contributed by atoms with Crippen LogP contribution in [0.25, 0.3) is 0 Å². The third-order valence-corrected chi connectivity index (χ3v) is 5.51. The highest BCUT2D eigenvalue weighted by molar-refractivity contribution is 7.89. The lowest BCUT2D eigenvalue weighted by Crippen LogP contribution is -2.32. The number of anilines is 1. The van der Waals surface area contributed by atoms with Gasteiger partial charge in [-0.25, -0.2) is 13.2 Å². The van der Waals surface area contributed by atoms with E-state index in [0.717, 1.165) is 0 Å². The fraction of sp³-hybridized carbons (Fsp3) is 0.500. The zero-order valence-corrected chi connectivity index (χ0v) is 15.9. The number of urea groups is 1. The summed E-state index contributed by atoms with van der Waals surface area (Å²) < 4.78 is 32.0. The second-order valence-electron chi connectivity index (χ2n) is 5.20. The molecular formula is C16H25N3O6S. The molecule has 3 N–H and O–H groups in total. The molecule has 0 radical (unpaired) electrons. The number of carboxylic acid groups (broad SMARTS) is 1. The van der Waals surface area contributed by atoms with E-state index in [1.54, 1.807) is 20.8 Å². The van der Waals surface area contributed by atoms with Gasteiger partial charge in [-0.2, -0.15) is 4.31 Å². The molecule has 10 heteroatoms. The number of hydrogen-bond acceptors (Lipinski definition) is 5. The lowest BCUT2D eigenvalue weighted by atomic mass is 10.3. The van der Waals surface area contributed by atoms with Crippen molar-refractivity contribution in [3.63, 3.8) is 0 Å². The Morgan fingerprint density at radius 2 is 1.85 bits per heavy atom. The van der Waals surface area contributed by atoms with Crippen molar-refractivity contribution in [3.05, 3.63) is 18.2 Å². The molecule has 0 fully saturated rings. The van der Waals surface area contributed by atoms with Crippen LogP contribution < -0.4 is 15.4 Å². The van der Waals surface area contributed by atoms with Gasteiger partial charge in [-0.05, 0) is 25.1 Å². The quantitative estimate of drug-likeness (QED) is 0.561. The summed E-state index contributed by atoms with van der Waals surface area (Å²) in [7, 11) is -3.69. The van der Waals surface area contributed by atoms with Crippen LogP contribution in [0.2, 0.25) is 0 Å². The molecule has 146 valence electrons. The number of benzene rings is 1. The Hall–Kier alpha value is -2.33. The largest absolute Gasteiger partial charge is 0.492 e. The number of carbonyl (C=O) groups is 2. The number of carboxylic acids is 1. The first-order valence-electron chi connectivity index (χ1n) is 8.29. The maximum atomic E-state index is 12.6. The molecule has 0 saturated carbocycles. The lowest BCUT2D eigenvalue weighted by Gasteiger charge is -2.20. The number of rotatable bonds is 10. The van der Waals surface area contributed by atoms with E-state index in [2.05, 4.69) is 10.6 Å². The Morgan fingerprint density at radius 1 is 1.19 bits per heavy atom. The summed E-state index contributed by atoms with van der Waals surface area (Å²) >= 11 is 0. The minimum absolute atomic E-state index is 0.0329. The molecule has 0 aromatic heterocycles. The number of hydrogen-bond donors (Lipinski definition) is 3. The van der Waals surface area contributed by atoms with Crippen molar-refractivity contribution < 1.29 is 27.9 Å². The van der Waals surface area contributed by atoms with Gasteiger partial charge in [-0.15, -0.1) is 0 Å². The highest BCUT2D eigenvalue weighted by Gasteiger charge is 2.23. The molecule has 0 saturated heterocycles. The summed E-state index contributed by atoms with van der Waals surface area (Å²) in [6.45, 7) is 6.17. The van der Waals surface area contributed by atoms with Gasteiger partial charge in [-0.1, -0.05) is 13.8 Å². The predicted octanol–water partition coefficient (Wildman–Crippen LogP) is 1.71. The third kappa shape index (κ3) is 5.88. The van der Waals surface area contributed by atoms with Crippen LogP contribution in [-0.2, 0) is 14.8 Å². The number of nitrogens with one attached hydrogen (secondary N) is 2. The van der Waals surface area contributed by atoms with Crippen molar-refractivity contribution in [1.82, 2.24) is 9.62 Å². The maximum Gasteiger partial charge on any atom is 0.319 e. The molecule has 0 bridgehead atoms. The minimum Gasteiger partial charge on any atom is -0.492 e. The van der Waals surface area contributed by atoms with Crippen LogP contribution in [-0.4, -0.2) is 56.1 Å². The molecule has 0 heterocycles. The van der Waals surface area contributed by atoms with Crippen molar-refractivity contribution in [2.75, 3.05) is 31.6 Å². The third-order valence-electron chi connectivity index (χ3n) is 3.47. The Kier molecular flexibility index (Phi) is 8.33. The lowest BCUT2D eigenvalue weighted by molar-refractivity contribution is -0.136. The van der Waals surface area contributed by atoms with Gasteiger partial charge >= 0.3 is 12.0 Å². The molecule has 2 amide bonds. The van der Waals surface area contributed by atoms with Crippen LogP contribution in [0.1, 0.15) is 27.2 Å². The molecule has 0 aliphatic heterocycles. The highest BCUT2D eigenvalue weighted by Crippen LogP contribution is 2.29.